The summed E-state index contributed by atoms with van der Waals surface area (Å²) in [6.45, 7) is 1.05. The standard InChI is InChI=1S/C18H17F3N4O5S2/c1-28-6-7-29-10-15-24-25-17(31-15)16-14(22)8-13(9-23-16)32(26,27)12-4-2-11(3-5-12)30-18(19,20)21/h2-5,8-9H,6-7,10,22H2,1H3. The first-order chi connectivity index (χ1) is 15.1. The number of alkyl halides is 3. The lowest BCUT2D eigenvalue weighted by Gasteiger charge is -2.10. The Morgan fingerprint density at radius 3 is 2.44 bits per heavy atom. The fourth-order valence-electron chi connectivity index (χ4n) is 2.45. The van der Waals surface area contributed by atoms with Crippen LogP contribution < -0.4 is 10.5 Å². The number of aromatic nitrogens is 3. The van der Waals surface area contributed by atoms with Crippen LogP contribution >= 0.6 is 11.3 Å². The number of anilines is 1. The summed E-state index contributed by atoms with van der Waals surface area (Å²) in [7, 11) is -2.52. The minimum atomic E-state index is -4.88. The zero-order chi connectivity index (χ0) is 23.4. The average Bonchev–Trinajstić information content (AvgIpc) is 3.19. The van der Waals surface area contributed by atoms with Gasteiger partial charge in [0, 0.05) is 13.3 Å². The van der Waals surface area contributed by atoms with Gasteiger partial charge in [0.05, 0.1) is 28.7 Å². The van der Waals surface area contributed by atoms with Gasteiger partial charge in [-0.15, -0.1) is 23.4 Å². The van der Waals surface area contributed by atoms with Gasteiger partial charge < -0.3 is 19.9 Å². The van der Waals surface area contributed by atoms with Crippen molar-refractivity contribution in [1.29, 1.82) is 0 Å². The van der Waals surface area contributed by atoms with Crippen LogP contribution in [0.5, 0.6) is 5.75 Å². The van der Waals surface area contributed by atoms with Gasteiger partial charge in [0.2, 0.25) is 9.84 Å². The van der Waals surface area contributed by atoms with Gasteiger partial charge in [-0.3, -0.25) is 4.98 Å². The molecule has 0 aliphatic heterocycles. The summed E-state index contributed by atoms with van der Waals surface area (Å²) in [6.07, 6.45) is -3.79. The van der Waals surface area contributed by atoms with Crippen LogP contribution in [0.25, 0.3) is 10.7 Å². The zero-order valence-electron chi connectivity index (χ0n) is 16.5. The molecule has 0 saturated heterocycles. The Bertz CT molecular complexity index is 1170. The van der Waals surface area contributed by atoms with Gasteiger partial charge >= 0.3 is 6.36 Å². The predicted octanol–water partition coefficient (Wildman–Crippen LogP) is 3.08. The summed E-state index contributed by atoms with van der Waals surface area (Å²) in [5.41, 5.74) is 6.29. The summed E-state index contributed by atoms with van der Waals surface area (Å²) in [4.78, 5) is 3.63. The second kappa shape index (κ2) is 9.77. The Hall–Kier alpha value is -2.81. The topological polar surface area (TPSA) is 127 Å². The number of halogens is 3. The van der Waals surface area contributed by atoms with Crippen molar-refractivity contribution < 1.29 is 35.8 Å². The number of hydrogen-bond donors (Lipinski definition) is 1. The number of nitrogens with zero attached hydrogens (tertiary/aromatic N) is 3. The van der Waals surface area contributed by atoms with E-state index in [0.717, 1.165) is 30.5 Å². The molecule has 14 heteroatoms. The van der Waals surface area contributed by atoms with E-state index in [1.807, 2.05) is 0 Å². The summed E-state index contributed by atoms with van der Waals surface area (Å²) < 4.78 is 76.4. The molecular weight excluding hydrogens is 473 g/mol. The van der Waals surface area contributed by atoms with Crippen molar-refractivity contribution in [2.75, 3.05) is 26.1 Å². The summed E-state index contributed by atoms with van der Waals surface area (Å²) in [5.74, 6) is -0.539. The van der Waals surface area contributed by atoms with Crippen LogP contribution in [-0.2, 0) is 25.9 Å². The van der Waals surface area contributed by atoms with E-state index >= 15 is 0 Å². The number of pyridine rings is 1. The zero-order valence-corrected chi connectivity index (χ0v) is 18.1. The van der Waals surface area contributed by atoms with E-state index in [-0.39, 0.29) is 27.8 Å². The SMILES string of the molecule is COCCOCc1nnc(-c2ncc(S(=O)(=O)c3ccc(OC(F)(F)F)cc3)cc2N)s1. The number of sulfone groups is 1. The molecule has 9 nitrogen and oxygen atoms in total. The van der Waals surface area contributed by atoms with Crippen molar-refractivity contribution in [3.8, 4) is 16.5 Å². The lowest BCUT2D eigenvalue weighted by molar-refractivity contribution is -0.274. The molecular formula is C18H17F3N4O5S2. The third-order valence-electron chi connectivity index (χ3n) is 3.90. The molecule has 0 amide bonds. The average molecular weight is 490 g/mol. The Morgan fingerprint density at radius 2 is 1.81 bits per heavy atom. The largest absolute Gasteiger partial charge is 0.573 e. The molecule has 0 bridgehead atoms. The maximum Gasteiger partial charge on any atom is 0.573 e. The number of ether oxygens (including phenoxy) is 3. The number of nitrogens with two attached hydrogens (primary N) is 1. The molecule has 0 saturated carbocycles. The summed E-state index contributed by atoms with van der Waals surface area (Å²) >= 11 is 1.19. The number of benzene rings is 1. The minimum Gasteiger partial charge on any atom is -0.406 e. The number of hydrogen-bond acceptors (Lipinski definition) is 10. The maximum absolute atomic E-state index is 12.8. The molecule has 0 aliphatic rings. The molecule has 32 heavy (non-hydrogen) atoms. The van der Waals surface area contributed by atoms with E-state index in [1.165, 1.54) is 17.4 Å². The second-order valence-corrected chi connectivity index (χ2v) is 9.19. The van der Waals surface area contributed by atoms with E-state index in [2.05, 4.69) is 19.9 Å². The molecule has 2 aromatic heterocycles. The van der Waals surface area contributed by atoms with Crippen LogP contribution in [0, 0.1) is 0 Å². The molecule has 3 rings (SSSR count). The molecule has 0 aliphatic carbocycles. The van der Waals surface area contributed by atoms with E-state index in [9.17, 15) is 21.6 Å². The smallest absolute Gasteiger partial charge is 0.406 e. The van der Waals surface area contributed by atoms with Crippen molar-refractivity contribution in [2.24, 2.45) is 0 Å². The molecule has 3 aromatic rings. The highest BCUT2D eigenvalue weighted by Crippen LogP contribution is 2.31. The normalized spacial score (nSPS) is 12.1. The predicted molar refractivity (Wildman–Crippen MR) is 108 cm³/mol. The third kappa shape index (κ3) is 5.91. The maximum atomic E-state index is 12.8. The van der Waals surface area contributed by atoms with Crippen LogP contribution in [0.3, 0.4) is 0 Å². The third-order valence-corrected chi connectivity index (χ3v) is 6.54. The van der Waals surface area contributed by atoms with Gasteiger partial charge in [0.25, 0.3) is 0 Å². The van der Waals surface area contributed by atoms with Crippen molar-refractivity contribution in [3.05, 3.63) is 41.5 Å². The van der Waals surface area contributed by atoms with Crippen LogP contribution in [-0.4, -0.2) is 50.3 Å². The molecule has 0 radical (unpaired) electrons. The highest BCUT2D eigenvalue weighted by atomic mass is 32.2. The fraction of sp³-hybridized carbons (Fsp3) is 0.278. The molecule has 0 spiro atoms. The molecule has 2 heterocycles. The van der Waals surface area contributed by atoms with E-state index in [1.54, 1.807) is 7.11 Å². The highest BCUT2D eigenvalue weighted by molar-refractivity contribution is 7.91. The summed E-state index contributed by atoms with van der Waals surface area (Å²) in [5, 5.41) is 8.93. The summed E-state index contributed by atoms with van der Waals surface area (Å²) in [6, 6.07) is 5.02. The number of methoxy groups -OCH3 is 1. The van der Waals surface area contributed by atoms with Gasteiger partial charge in [-0.2, -0.15) is 0 Å². The molecule has 0 atom stereocenters. The Labute approximate surface area is 184 Å². The van der Waals surface area contributed by atoms with Gasteiger partial charge in [0.1, 0.15) is 23.1 Å². The van der Waals surface area contributed by atoms with E-state index < -0.39 is 21.9 Å². The van der Waals surface area contributed by atoms with E-state index in [0.29, 0.717) is 23.2 Å². The second-order valence-electron chi connectivity index (χ2n) is 6.18. The lowest BCUT2D eigenvalue weighted by Crippen LogP contribution is -2.17. The number of rotatable bonds is 9. The lowest BCUT2D eigenvalue weighted by atomic mass is 10.3. The van der Waals surface area contributed by atoms with Crippen molar-refractivity contribution in [1.82, 2.24) is 15.2 Å². The Balaban J connectivity index is 1.77. The van der Waals surface area contributed by atoms with Crippen LogP contribution in [0.1, 0.15) is 5.01 Å². The minimum absolute atomic E-state index is 0.0473. The van der Waals surface area contributed by atoms with E-state index in [4.69, 9.17) is 15.2 Å². The van der Waals surface area contributed by atoms with Gasteiger partial charge in [-0.25, -0.2) is 8.42 Å². The Kier molecular flexibility index (Phi) is 7.28. The van der Waals surface area contributed by atoms with Crippen molar-refractivity contribution in [3.63, 3.8) is 0 Å². The molecule has 2 N–H and O–H groups in total. The van der Waals surface area contributed by atoms with Gasteiger partial charge in [-0.05, 0) is 30.3 Å². The van der Waals surface area contributed by atoms with Gasteiger partial charge in [0.15, 0.2) is 5.01 Å². The van der Waals surface area contributed by atoms with Crippen LogP contribution in [0.15, 0.2) is 46.3 Å². The monoisotopic (exact) mass is 490 g/mol. The van der Waals surface area contributed by atoms with Gasteiger partial charge in [-0.1, -0.05) is 11.3 Å². The molecule has 172 valence electrons. The first-order valence-corrected chi connectivity index (χ1v) is 11.2. The van der Waals surface area contributed by atoms with Crippen LogP contribution in [0.4, 0.5) is 18.9 Å². The molecule has 0 fully saturated rings. The van der Waals surface area contributed by atoms with Crippen molar-refractivity contribution >= 4 is 26.9 Å². The first-order valence-electron chi connectivity index (χ1n) is 8.86. The molecule has 1 aromatic carbocycles. The first kappa shape index (κ1) is 23.8. The fourth-order valence-corrected chi connectivity index (χ4v) is 4.49. The number of nitrogen functional groups attached to an aromatic ring is 1. The highest BCUT2D eigenvalue weighted by Gasteiger charge is 2.31. The molecule has 0 unspecified atom stereocenters. The van der Waals surface area contributed by atoms with Crippen molar-refractivity contribution in [2.45, 2.75) is 22.8 Å². The van der Waals surface area contributed by atoms with Crippen LogP contribution in [0.2, 0.25) is 0 Å². The quantitative estimate of drug-likeness (QED) is 0.450. The Morgan fingerprint density at radius 1 is 1.09 bits per heavy atom.